The molecular formula is C29H23I2N3O4S. The quantitative estimate of drug-likeness (QED) is 0.265. The first-order valence-corrected chi connectivity index (χ1v) is 15.0. The summed E-state index contributed by atoms with van der Waals surface area (Å²) in [5.41, 5.74) is 2.92. The molecular weight excluding hydrogens is 740 g/mol. The summed E-state index contributed by atoms with van der Waals surface area (Å²) in [6.07, 6.45) is 1.80. The van der Waals surface area contributed by atoms with Gasteiger partial charge in [-0.3, -0.25) is 14.2 Å². The van der Waals surface area contributed by atoms with Crippen LogP contribution in [0.15, 0.2) is 87.8 Å². The smallest absolute Gasteiger partial charge is 0.271 e. The average molecular weight is 763 g/mol. The highest BCUT2D eigenvalue weighted by Gasteiger charge is 2.32. The second-order valence-corrected chi connectivity index (χ2v) is 12.1. The molecule has 1 atom stereocenters. The summed E-state index contributed by atoms with van der Waals surface area (Å²) in [5.74, 6) is 0.606. The van der Waals surface area contributed by atoms with Gasteiger partial charge in [-0.1, -0.05) is 41.7 Å². The number of rotatable bonds is 6. The predicted octanol–water partition coefficient (Wildman–Crippen LogP) is 5.19. The molecule has 4 aromatic rings. The highest BCUT2D eigenvalue weighted by atomic mass is 127. The van der Waals surface area contributed by atoms with Crippen molar-refractivity contribution in [3.63, 3.8) is 0 Å². The van der Waals surface area contributed by atoms with Gasteiger partial charge >= 0.3 is 0 Å². The van der Waals surface area contributed by atoms with Gasteiger partial charge in [-0.05, 0) is 113 Å². The molecule has 1 aromatic heterocycles. The third-order valence-electron chi connectivity index (χ3n) is 6.14. The summed E-state index contributed by atoms with van der Waals surface area (Å²) in [6.45, 7) is 4.25. The second-order valence-electron chi connectivity index (χ2n) is 8.74. The van der Waals surface area contributed by atoms with Crippen LogP contribution in [0.4, 0.5) is 5.69 Å². The number of allylic oxidation sites excluding steroid dienone is 1. The SMILES string of the molecule is CCOc1ccc([C@@H]2C(C(=O)Nc3ccccc3)=C(C)N=c3s/c(=C\c4cc(I)c(O)c(I)c4)c(=O)n32)cc1. The standard InChI is InChI=1S/C29H23I2N3O4S/c1-3-38-20-11-9-18(10-12-20)25-24(27(36)33-19-7-5-4-6-8-19)16(2)32-29-34(25)28(37)23(39-29)15-17-13-21(30)26(35)22(31)14-17/h4-15,25,35H,3H2,1-2H3,(H,33,36)/b23-15-/t25-/m1/s1. The molecule has 0 saturated heterocycles. The first-order chi connectivity index (χ1) is 18.8. The lowest BCUT2D eigenvalue weighted by Crippen LogP contribution is -2.40. The maximum absolute atomic E-state index is 13.9. The molecule has 0 saturated carbocycles. The normalized spacial score (nSPS) is 15.1. The number of halogens is 2. The number of nitrogens with one attached hydrogen (secondary N) is 1. The third-order valence-corrected chi connectivity index (χ3v) is 8.77. The number of nitrogens with zero attached hydrogens (tertiary/aromatic N) is 2. The van der Waals surface area contributed by atoms with E-state index in [9.17, 15) is 14.7 Å². The van der Waals surface area contributed by atoms with E-state index >= 15 is 0 Å². The fourth-order valence-corrected chi connectivity index (χ4v) is 7.24. The Hall–Kier alpha value is -2.97. The molecule has 0 aliphatic carbocycles. The molecule has 2 N–H and O–H groups in total. The molecule has 7 nitrogen and oxygen atoms in total. The Morgan fingerprint density at radius 2 is 1.79 bits per heavy atom. The van der Waals surface area contributed by atoms with Crippen LogP contribution in [0.25, 0.3) is 6.08 Å². The van der Waals surface area contributed by atoms with Crippen LogP contribution in [-0.2, 0) is 4.79 Å². The van der Waals surface area contributed by atoms with Gasteiger partial charge < -0.3 is 15.2 Å². The van der Waals surface area contributed by atoms with Crippen LogP contribution in [0, 0.1) is 7.14 Å². The summed E-state index contributed by atoms with van der Waals surface area (Å²) in [6, 6.07) is 19.6. The van der Waals surface area contributed by atoms with Crippen LogP contribution in [0.2, 0.25) is 0 Å². The summed E-state index contributed by atoms with van der Waals surface area (Å²) in [5, 5.41) is 13.1. The van der Waals surface area contributed by atoms with E-state index in [1.165, 1.54) is 11.3 Å². The molecule has 0 bridgehead atoms. The summed E-state index contributed by atoms with van der Waals surface area (Å²) >= 11 is 5.41. The van der Waals surface area contributed by atoms with E-state index in [0.717, 1.165) is 11.1 Å². The summed E-state index contributed by atoms with van der Waals surface area (Å²) < 4.78 is 9.08. The van der Waals surface area contributed by atoms with Crippen molar-refractivity contribution in [2.24, 2.45) is 4.99 Å². The number of thiazole rings is 1. The minimum atomic E-state index is -0.678. The van der Waals surface area contributed by atoms with Crippen molar-refractivity contribution < 1.29 is 14.6 Å². The lowest BCUT2D eigenvalue weighted by atomic mass is 9.95. The number of para-hydroxylation sites is 1. The lowest BCUT2D eigenvalue weighted by Gasteiger charge is -2.25. The number of benzene rings is 3. The Balaban J connectivity index is 1.67. The molecule has 0 radical (unpaired) electrons. The maximum Gasteiger partial charge on any atom is 0.271 e. The van der Waals surface area contributed by atoms with Gasteiger partial charge in [0.05, 0.1) is 35.6 Å². The Labute approximate surface area is 255 Å². The third kappa shape index (κ3) is 5.68. The van der Waals surface area contributed by atoms with E-state index in [1.807, 2.05) is 73.7 Å². The number of hydrogen-bond acceptors (Lipinski definition) is 6. The molecule has 1 aliphatic heterocycles. The van der Waals surface area contributed by atoms with Crippen molar-refractivity contribution in [2.45, 2.75) is 19.9 Å². The van der Waals surface area contributed by atoms with Gasteiger partial charge in [0.2, 0.25) is 0 Å². The summed E-state index contributed by atoms with van der Waals surface area (Å²) in [7, 11) is 0. The van der Waals surface area contributed by atoms with Gasteiger partial charge in [0.15, 0.2) is 4.80 Å². The number of amides is 1. The number of carbonyl (C=O) groups is 1. The molecule has 1 aliphatic rings. The number of phenols is 1. The number of anilines is 1. The fourth-order valence-electron chi connectivity index (χ4n) is 4.38. The van der Waals surface area contributed by atoms with E-state index in [-0.39, 0.29) is 17.2 Å². The van der Waals surface area contributed by atoms with Crippen LogP contribution in [0.5, 0.6) is 11.5 Å². The van der Waals surface area contributed by atoms with E-state index < -0.39 is 6.04 Å². The van der Waals surface area contributed by atoms with Crippen molar-refractivity contribution in [1.82, 2.24) is 4.57 Å². The summed E-state index contributed by atoms with van der Waals surface area (Å²) in [4.78, 5) is 32.8. The minimum absolute atomic E-state index is 0.218. The maximum atomic E-state index is 13.9. The van der Waals surface area contributed by atoms with Crippen molar-refractivity contribution in [1.29, 1.82) is 0 Å². The average Bonchev–Trinajstić information content (AvgIpc) is 3.21. The molecule has 1 amide bonds. The number of carbonyl (C=O) groups excluding carboxylic acids is 1. The number of fused-ring (bicyclic) bond motifs is 1. The van der Waals surface area contributed by atoms with Crippen molar-refractivity contribution >= 4 is 74.2 Å². The molecule has 198 valence electrons. The van der Waals surface area contributed by atoms with Crippen LogP contribution in [0.1, 0.15) is 31.0 Å². The first kappa shape index (κ1) is 27.6. The van der Waals surface area contributed by atoms with Gasteiger partial charge in [0, 0.05) is 5.69 Å². The van der Waals surface area contributed by atoms with Gasteiger partial charge in [-0.15, -0.1) is 0 Å². The Morgan fingerprint density at radius 3 is 2.44 bits per heavy atom. The molecule has 2 heterocycles. The van der Waals surface area contributed by atoms with Crippen molar-refractivity contribution in [3.05, 3.63) is 116 Å². The topological polar surface area (TPSA) is 92.9 Å². The molecule has 5 rings (SSSR count). The van der Waals surface area contributed by atoms with E-state index in [0.29, 0.717) is 45.8 Å². The van der Waals surface area contributed by atoms with E-state index in [2.05, 4.69) is 50.5 Å². The number of hydrogen-bond donors (Lipinski definition) is 2. The highest BCUT2D eigenvalue weighted by molar-refractivity contribution is 14.1. The second kappa shape index (κ2) is 11.6. The molecule has 0 spiro atoms. The molecule has 0 fully saturated rings. The van der Waals surface area contributed by atoms with Gasteiger partial charge in [0.25, 0.3) is 11.5 Å². The molecule has 10 heteroatoms. The Kier molecular flexibility index (Phi) is 8.24. The largest absolute Gasteiger partial charge is 0.506 e. The molecule has 3 aromatic carbocycles. The Morgan fingerprint density at radius 1 is 1.13 bits per heavy atom. The van der Waals surface area contributed by atoms with Crippen molar-refractivity contribution in [3.8, 4) is 11.5 Å². The zero-order valence-electron chi connectivity index (χ0n) is 20.9. The predicted molar refractivity (Wildman–Crippen MR) is 170 cm³/mol. The van der Waals surface area contributed by atoms with E-state index in [1.54, 1.807) is 17.6 Å². The number of ether oxygens (including phenoxy) is 1. The zero-order valence-corrected chi connectivity index (χ0v) is 26.1. The zero-order chi connectivity index (χ0) is 27.7. The van der Waals surface area contributed by atoms with E-state index in [4.69, 9.17) is 9.73 Å². The molecule has 39 heavy (non-hydrogen) atoms. The monoisotopic (exact) mass is 763 g/mol. The number of phenolic OH excluding ortho intramolecular Hbond substituents is 1. The van der Waals surface area contributed by atoms with Gasteiger partial charge in [-0.25, -0.2) is 4.99 Å². The molecule has 0 unspecified atom stereocenters. The van der Waals surface area contributed by atoms with Crippen LogP contribution >= 0.6 is 56.5 Å². The highest BCUT2D eigenvalue weighted by Crippen LogP contribution is 2.32. The van der Waals surface area contributed by atoms with Crippen LogP contribution in [0.3, 0.4) is 0 Å². The number of aromatic hydroxyl groups is 1. The van der Waals surface area contributed by atoms with Crippen molar-refractivity contribution in [2.75, 3.05) is 11.9 Å². The first-order valence-electron chi connectivity index (χ1n) is 12.1. The lowest BCUT2D eigenvalue weighted by molar-refractivity contribution is -0.113. The number of aromatic nitrogens is 1. The van der Waals surface area contributed by atoms with Gasteiger partial charge in [-0.2, -0.15) is 0 Å². The Bertz CT molecular complexity index is 1750. The fraction of sp³-hybridized carbons (Fsp3) is 0.138. The van der Waals surface area contributed by atoms with Crippen LogP contribution in [-0.4, -0.2) is 22.2 Å². The van der Waals surface area contributed by atoms with Gasteiger partial charge in [0.1, 0.15) is 11.5 Å². The van der Waals surface area contributed by atoms with Crippen LogP contribution < -0.4 is 24.9 Å². The minimum Gasteiger partial charge on any atom is -0.506 e.